The van der Waals surface area contributed by atoms with E-state index in [2.05, 4.69) is 46.5 Å². The van der Waals surface area contributed by atoms with Gasteiger partial charge < -0.3 is 51.9 Å². The van der Waals surface area contributed by atoms with Crippen LogP contribution in [-0.2, 0) is 51.1 Å². The Kier molecular flexibility index (Phi) is 15.3. The van der Waals surface area contributed by atoms with Crippen LogP contribution < -0.4 is 32.3 Å². The van der Waals surface area contributed by atoms with E-state index in [0.717, 1.165) is 0 Å². The molecule has 1 aliphatic heterocycles. The minimum absolute atomic E-state index is 0.000191. The van der Waals surface area contributed by atoms with Crippen molar-refractivity contribution in [3.63, 3.8) is 0 Å². The lowest BCUT2D eigenvalue weighted by Crippen LogP contribution is -2.59. The van der Waals surface area contributed by atoms with Crippen LogP contribution in [0.25, 0.3) is 0 Å². The zero-order valence-electron chi connectivity index (χ0n) is 30.4. The first-order valence-corrected chi connectivity index (χ1v) is 17.2. The molecular formula is C33H51N11O8. The SMILES string of the molecule is COC(=O)[C@@H](CC(C)C)NC(=O)[C@H](C)NC(=O)[C@@H](C)NC(=O)C1CCCN1C(=O)[C@H](Cc1cnc[nH]1)NC(=O)[C@H](Cc1cnc[nH]1)NC(=O)[C@H](C)N. The highest BCUT2D eigenvalue weighted by Gasteiger charge is 2.39. The lowest BCUT2D eigenvalue weighted by atomic mass is 10.0. The molecule has 52 heavy (non-hydrogen) atoms. The summed E-state index contributed by atoms with van der Waals surface area (Å²) in [6, 6.07) is -7.16. The van der Waals surface area contributed by atoms with Gasteiger partial charge in [-0.25, -0.2) is 14.8 Å². The summed E-state index contributed by atoms with van der Waals surface area (Å²) in [5.41, 5.74) is 6.82. The van der Waals surface area contributed by atoms with Crippen LogP contribution in [0, 0.1) is 5.92 Å². The Morgan fingerprint density at radius 3 is 1.87 bits per heavy atom. The second-order valence-corrected chi connectivity index (χ2v) is 13.3. The van der Waals surface area contributed by atoms with E-state index in [1.807, 2.05) is 13.8 Å². The van der Waals surface area contributed by atoms with E-state index in [1.165, 1.54) is 57.8 Å². The second kappa shape index (κ2) is 19.3. The number of amides is 6. The number of imidazole rings is 2. The van der Waals surface area contributed by atoms with E-state index in [4.69, 9.17) is 10.5 Å². The number of carbonyl (C=O) groups is 7. The number of aromatic nitrogens is 4. The fourth-order valence-electron chi connectivity index (χ4n) is 5.62. The minimum atomic E-state index is -1.16. The molecule has 19 nitrogen and oxygen atoms in total. The number of rotatable bonds is 18. The van der Waals surface area contributed by atoms with Crippen molar-refractivity contribution in [1.82, 2.24) is 51.4 Å². The van der Waals surface area contributed by atoms with Gasteiger partial charge in [-0.05, 0) is 46.0 Å². The molecule has 7 atom stereocenters. The lowest BCUT2D eigenvalue weighted by Gasteiger charge is -2.30. The van der Waals surface area contributed by atoms with Crippen molar-refractivity contribution in [2.24, 2.45) is 11.7 Å². The van der Waals surface area contributed by atoms with Crippen molar-refractivity contribution < 1.29 is 38.3 Å². The zero-order chi connectivity index (χ0) is 38.5. The number of ether oxygens (including phenoxy) is 1. The molecule has 3 heterocycles. The number of likely N-dealkylation sites (tertiary alicyclic amines) is 1. The van der Waals surface area contributed by atoms with Crippen LogP contribution in [0.1, 0.15) is 65.3 Å². The van der Waals surface area contributed by atoms with Crippen LogP contribution in [0.4, 0.5) is 0 Å². The van der Waals surface area contributed by atoms with Gasteiger partial charge in [-0.2, -0.15) is 0 Å². The predicted octanol–water partition coefficient (Wildman–Crippen LogP) is -2.06. The average molecular weight is 730 g/mol. The monoisotopic (exact) mass is 729 g/mol. The zero-order valence-corrected chi connectivity index (χ0v) is 30.4. The van der Waals surface area contributed by atoms with Crippen molar-refractivity contribution >= 4 is 41.4 Å². The number of hydrogen-bond donors (Lipinski definition) is 8. The number of hydrogen-bond acceptors (Lipinski definition) is 11. The Balaban J connectivity index is 1.69. The third-order valence-electron chi connectivity index (χ3n) is 8.47. The number of aromatic amines is 2. The van der Waals surface area contributed by atoms with Gasteiger partial charge in [0.15, 0.2) is 0 Å². The molecule has 1 fully saturated rings. The van der Waals surface area contributed by atoms with E-state index in [0.29, 0.717) is 30.7 Å². The molecule has 1 saturated heterocycles. The highest BCUT2D eigenvalue weighted by Crippen LogP contribution is 2.20. The van der Waals surface area contributed by atoms with Gasteiger partial charge in [0.2, 0.25) is 35.4 Å². The molecule has 1 unspecified atom stereocenters. The Labute approximate surface area is 301 Å². The molecule has 0 bridgehead atoms. The van der Waals surface area contributed by atoms with E-state index in [-0.39, 0.29) is 25.3 Å². The fraction of sp³-hybridized carbons (Fsp3) is 0.606. The Morgan fingerprint density at radius 2 is 1.33 bits per heavy atom. The van der Waals surface area contributed by atoms with Gasteiger partial charge in [0.05, 0.1) is 25.8 Å². The number of nitrogens with one attached hydrogen (secondary N) is 7. The molecule has 19 heteroatoms. The van der Waals surface area contributed by atoms with E-state index >= 15 is 0 Å². The first kappa shape index (κ1) is 41.1. The molecule has 0 aliphatic carbocycles. The van der Waals surface area contributed by atoms with Crippen LogP contribution in [-0.4, -0.2) is 122 Å². The van der Waals surface area contributed by atoms with Crippen molar-refractivity contribution in [2.75, 3.05) is 13.7 Å². The third kappa shape index (κ3) is 11.9. The topological polar surface area (TPSA) is 275 Å². The molecule has 3 rings (SSSR count). The second-order valence-electron chi connectivity index (χ2n) is 13.3. The quantitative estimate of drug-likeness (QED) is 0.0773. The van der Waals surface area contributed by atoms with Gasteiger partial charge in [0.1, 0.15) is 36.3 Å². The Hall–Kier alpha value is -5.33. The van der Waals surface area contributed by atoms with Crippen LogP contribution in [0.5, 0.6) is 0 Å². The van der Waals surface area contributed by atoms with E-state index in [1.54, 1.807) is 0 Å². The molecule has 0 aromatic carbocycles. The minimum Gasteiger partial charge on any atom is -0.467 e. The molecule has 6 amide bonds. The Bertz CT molecular complexity index is 1530. The largest absolute Gasteiger partial charge is 0.467 e. The van der Waals surface area contributed by atoms with E-state index in [9.17, 15) is 33.6 Å². The first-order valence-electron chi connectivity index (χ1n) is 17.2. The maximum absolute atomic E-state index is 14.1. The molecule has 1 aliphatic rings. The van der Waals surface area contributed by atoms with Crippen molar-refractivity contribution in [1.29, 1.82) is 0 Å². The lowest BCUT2D eigenvalue weighted by molar-refractivity contribution is -0.145. The number of methoxy groups -OCH3 is 1. The van der Waals surface area contributed by atoms with Gasteiger partial charge >= 0.3 is 5.97 Å². The molecule has 2 aromatic rings. The van der Waals surface area contributed by atoms with Crippen LogP contribution >= 0.6 is 0 Å². The van der Waals surface area contributed by atoms with Crippen molar-refractivity contribution in [2.45, 2.75) is 109 Å². The highest BCUT2D eigenvalue weighted by atomic mass is 16.5. The summed E-state index contributed by atoms with van der Waals surface area (Å²) in [7, 11) is 1.22. The number of nitrogens with two attached hydrogens (primary N) is 1. The number of nitrogens with zero attached hydrogens (tertiary/aromatic N) is 3. The standard InChI is InChI=1S/C33H51N11O8/c1-17(2)10-25(33(51)52-6)43-29(47)20(5)39-28(46)19(4)40-31(49)26-8-7-9-44(26)32(50)24(12-22-14-36-16-38-22)42-30(48)23(41-27(45)18(3)34)11-21-13-35-15-37-21/h13-20,23-26H,7-12,34H2,1-6H3,(H,35,37)(H,36,38)(H,39,46)(H,40,49)(H,41,45)(H,42,48)(H,43,47)/t18-,19+,20-,23-,24-,25+,26?/m0/s1. The number of carbonyl (C=O) groups excluding carboxylic acids is 7. The highest BCUT2D eigenvalue weighted by molar-refractivity contribution is 5.97. The van der Waals surface area contributed by atoms with Crippen LogP contribution in [0.2, 0.25) is 0 Å². The summed E-state index contributed by atoms with van der Waals surface area (Å²) in [6.45, 7) is 8.34. The summed E-state index contributed by atoms with van der Waals surface area (Å²) >= 11 is 0. The van der Waals surface area contributed by atoms with Crippen molar-refractivity contribution in [3.05, 3.63) is 36.4 Å². The summed E-state index contributed by atoms with van der Waals surface area (Å²) in [6.07, 6.45) is 7.02. The van der Waals surface area contributed by atoms with Gasteiger partial charge in [-0.3, -0.25) is 28.8 Å². The normalized spacial score (nSPS) is 17.5. The molecule has 0 saturated carbocycles. The predicted molar refractivity (Wildman–Crippen MR) is 185 cm³/mol. The van der Waals surface area contributed by atoms with Crippen molar-refractivity contribution in [3.8, 4) is 0 Å². The number of esters is 1. The van der Waals surface area contributed by atoms with E-state index < -0.39 is 83.7 Å². The van der Waals surface area contributed by atoms with Gasteiger partial charge in [0, 0.05) is 43.2 Å². The third-order valence-corrected chi connectivity index (χ3v) is 8.47. The fourth-order valence-corrected chi connectivity index (χ4v) is 5.62. The van der Waals surface area contributed by atoms with Gasteiger partial charge in [0.25, 0.3) is 0 Å². The van der Waals surface area contributed by atoms with Gasteiger partial charge in [-0.1, -0.05) is 13.8 Å². The summed E-state index contributed by atoms with van der Waals surface area (Å²) in [5.74, 6) is -4.17. The summed E-state index contributed by atoms with van der Waals surface area (Å²) in [4.78, 5) is 107. The van der Waals surface area contributed by atoms with Crippen LogP contribution in [0.15, 0.2) is 25.0 Å². The smallest absolute Gasteiger partial charge is 0.328 e. The molecule has 0 radical (unpaired) electrons. The van der Waals surface area contributed by atoms with Gasteiger partial charge in [-0.15, -0.1) is 0 Å². The molecule has 2 aromatic heterocycles. The number of H-pyrrole nitrogens is 2. The molecule has 0 spiro atoms. The molecule has 286 valence electrons. The summed E-state index contributed by atoms with van der Waals surface area (Å²) < 4.78 is 4.78. The maximum atomic E-state index is 14.1. The molecular weight excluding hydrogens is 678 g/mol. The first-order chi connectivity index (χ1) is 24.6. The molecule has 9 N–H and O–H groups in total. The Morgan fingerprint density at radius 1 is 0.788 bits per heavy atom. The maximum Gasteiger partial charge on any atom is 0.328 e. The summed E-state index contributed by atoms with van der Waals surface area (Å²) in [5, 5.41) is 13.1. The average Bonchev–Trinajstić information content (AvgIpc) is 3.90. The van der Waals surface area contributed by atoms with Crippen LogP contribution in [0.3, 0.4) is 0 Å².